The van der Waals surface area contributed by atoms with Gasteiger partial charge in [-0.1, -0.05) is 23.2 Å². The van der Waals surface area contributed by atoms with Gasteiger partial charge in [0.05, 0.1) is 26.4 Å². The van der Waals surface area contributed by atoms with Gasteiger partial charge in [0.2, 0.25) is 0 Å². The zero-order valence-electron chi connectivity index (χ0n) is 12.9. The lowest BCUT2D eigenvalue weighted by molar-refractivity contribution is -0.137. The monoisotopic (exact) mass is 410 g/mol. The van der Waals surface area contributed by atoms with Crippen molar-refractivity contribution in [3.05, 3.63) is 33.4 Å². The molecule has 0 radical (unpaired) electrons. The molecule has 0 fully saturated rings. The van der Waals surface area contributed by atoms with Crippen LogP contribution in [-0.4, -0.2) is 26.8 Å². The van der Waals surface area contributed by atoms with Crippen LogP contribution in [0.3, 0.4) is 0 Å². The summed E-state index contributed by atoms with van der Waals surface area (Å²) in [5, 5.41) is 15.5. The lowest BCUT2D eigenvalue weighted by Crippen LogP contribution is -2.10. The first-order valence-corrected chi connectivity index (χ1v) is 9.10. The molecule has 1 N–H and O–H groups in total. The molecule has 11 heteroatoms. The highest BCUT2D eigenvalue weighted by molar-refractivity contribution is 7.84. The predicted octanol–water partition coefficient (Wildman–Crippen LogP) is 4.24. The first-order chi connectivity index (χ1) is 11.6. The lowest BCUT2D eigenvalue weighted by Gasteiger charge is -2.15. The van der Waals surface area contributed by atoms with Gasteiger partial charge in [0.1, 0.15) is 22.5 Å². The van der Waals surface area contributed by atoms with Crippen molar-refractivity contribution in [2.24, 2.45) is 0 Å². The molecule has 1 unspecified atom stereocenters. The van der Waals surface area contributed by atoms with E-state index in [2.05, 4.69) is 10.4 Å². The van der Waals surface area contributed by atoms with Gasteiger partial charge >= 0.3 is 6.18 Å². The van der Waals surface area contributed by atoms with Gasteiger partial charge in [-0.05, 0) is 19.1 Å². The summed E-state index contributed by atoms with van der Waals surface area (Å²) in [6.07, 6.45) is -3.26. The number of benzene rings is 1. The van der Waals surface area contributed by atoms with Crippen molar-refractivity contribution in [2.75, 3.05) is 18.1 Å². The largest absolute Gasteiger partial charge is 0.416 e. The number of aromatic nitrogens is 2. The maximum absolute atomic E-state index is 12.9. The highest BCUT2D eigenvalue weighted by Gasteiger charge is 2.33. The number of halogens is 5. The number of nitriles is 1. The number of nitrogens with one attached hydrogen (secondary N) is 1. The van der Waals surface area contributed by atoms with E-state index in [-0.39, 0.29) is 32.1 Å². The third kappa shape index (κ3) is 3.76. The molecule has 0 aliphatic heterocycles. The number of anilines is 1. The zero-order valence-corrected chi connectivity index (χ0v) is 15.2. The third-order valence-electron chi connectivity index (χ3n) is 3.14. The average molecular weight is 411 g/mol. The molecule has 1 aromatic carbocycles. The average Bonchev–Trinajstić information content (AvgIpc) is 2.84. The van der Waals surface area contributed by atoms with Gasteiger partial charge in [-0.2, -0.15) is 23.5 Å². The van der Waals surface area contributed by atoms with Gasteiger partial charge in [-0.3, -0.25) is 4.21 Å². The molecule has 134 valence electrons. The summed E-state index contributed by atoms with van der Waals surface area (Å²) in [6.45, 7) is 2.14. The molecule has 5 nitrogen and oxygen atoms in total. The second-order valence-corrected chi connectivity index (χ2v) is 6.95. The smallest absolute Gasteiger partial charge is 0.369 e. The molecule has 0 aliphatic carbocycles. The second kappa shape index (κ2) is 7.23. The third-order valence-corrected chi connectivity index (χ3v) is 4.67. The van der Waals surface area contributed by atoms with Crippen molar-refractivity contribution in [3.63, 3.8) is 0 Å². The summed E-state index contributed by atoms with van der Waals surface area (Å²) >= 11 is 12.0. The molecule has 0 amide bonds. The van der Waals surface area contributed by atoms with Crippen molar-refractivity contribution in [1.29, 1.82) is 5.26 Å². The molecular formula is C14H11Cl2F3N4OS. The number of hydrogen-bond acceptors (Lipinski definition) is 4. The Morgan fingerprint density at radius 1 is 1.36 bits per heavy atom. The second-order valence-electron chi connectivity index (χ2n) is 4.82. The zero-order chi connectivity index (χ0) is 18.9. The van der Waals surface area contributed by atoms with Gasteiger partial charge < -0.3 is 5.32 Å². The number of nitrogens with zero attached hydrogens (tertiary/aromatic N) is 3. The molecule has 1 heterocycles. The minimum atomic E-state index is -4.62. The quantitative estimate of drug-likeness (QED) is 0.817. The Balaban J connectivity index is 2.79. The summed E-state index contributed by atoms with van der Waals surface area (Å²) in [5.74, 6) is 0.184. The van der Waals surface area contributed by atoms with Gasteiger partial charge in [0.25, 0.3) is 0 Å². The highest BCUT2D eigenvalue weighted by atomic mass is 35.5. The summed E-state index contributed by atoms with van der Waals surface area (Å²) in [4.78, 5) is 0.122. The van der Waals surface area contributed by atoms with Crippen molar-refractivity contribution in [2.45, 2.75) is 18.0 Å². The molecule has 1 aromatic heterocycles. The fourth-order valence-electron chi connectivity index (χ4n) is 2.17. The molecule has 0 saturated carbocycles. The fraction of sp³-hybridized carbons (Fsp3) is 0.286. The SMILES string of the molecule is CCNc1c(S(C)=O)c(C#N)nn1-c1c(Cl)cc(C(F)(F)F)cc1Cl. The van der Waals surface area contributed by atoms with E-state index in [1.165, 1.54) is 6.26 Å². The van der Waals surface area contributed by atoms with Crippen molar-refractivity contribution in [1.82, 2.24) is 9.78 Å². The van der Waals surface area contributed by atoms with E-state index >= 15 is 0 Å². The molecule has 0 aliphatic rings. The summed E-state index contributed by atoms with van der Waals surface area (Å²) in [6, 6.07) is 3.24. The Morgan fingerprint density at radius 2 is 1.92 bits per heavy atom. The minimum absolute atomic E-state index is 0.0412. The maximum atomic E-state index is 12.9. The van der Waals surface area contributed by atoms with Crippen LogP contribution in [0.25, 0.3) is 5.69 Å². The number of hydrogen-bond donors (Lipinski definition) is 1. The normalized spacial score (nSPS) is 12.7. The van der Waals surface area contributed by atoms with Crippen LogP contribution in [0.1, 0.15) is 18.2 Å². The predicted molar refractivity (Wildman–Crippen MR) is 89.8 cm³/mol. The summed E-state index contributed by atoms with van der Waals surface area (Å²) in [7, 11) is -1.57. The van der Waals surface area contributed by atoms with Gasteiger partial charge in [0.15, 0.2) is 5.69 Å². The van der Waals surface area contributed by atoms with E-state index in [9.17, 15) is 22.6 Å². The Hall–Kier alpha value is -1.76. The van der Waals surface area contributed by atoms with Crippen molar-refractivity contribution < 1.29 is 17.4 Å². The molecule has 1 atom stereocenters. The van der Waals surface area contributed by atoms with E-state index < -0.39 is 22.5 Å². The van der Waals surface area contributed by atoms with Crippen LogP contribution >= 0.6 is 23.2 Å². The van der Waals surface area contributed by atoms with Crippen LogP contribution in [0, 0.1) is 11.3 Å². The lowest BCUT2D eigenvalue weighted by atomic mass is 10.2. The molecule has 2 rings (SSSR count). The van der Waals surface area contributed by atoms with Crippen LogP contribution in [-0.2, 0) is 17.0 Å². The van der Waals surface area contributed by atoms with Gasteiger partial charge in [0, 0.05) is 12.8 Å². The molecular weight excluding hydrogens is 400 g/mol. The molecule has 0 saturated heterocycles. The first-order valence-electron chi connectivity index (χ1n) is 6.78. The standard InChI is InChI=1S/C14H11Cl2F3N4OS/c1-3-21-13-12(25(2)24)10(6-20)22-23(13)11-8(15)4-7(5-9(11)16)14(17,18)19/h4-5,21H,3H2,1-2H3. The summed E-state index contributed by atoms with van der Waals surface area (Å²) in [5.41, 5.74) is -1.19. The first kappa shape index (κ1) is 19.6. The fourth-order valence-corrected chi connectivity index (χ4v) is 3.60. The molecule has 2 aromatic rings. The number of rotatable bonds is 4. The van der Waals surface area contributed by atoms with E-state index in [1.54, 1.807) is 6.92 Å². The highest BCUT2D eigenvalue weighted by Crippen LogP contribution is 2.39. The van der Waals surface area contributed by atoms with E-state index in [1.807, 2.05) is 6.07 Å². The van der Waals surface area contributed by atoms with E-state index in [0.29, 0.717) is 6.54 Å². The maximum Gasteiger partial charge on any atom is 0.416 e. The Labute approximate surface area is 153 Å². The Kier molecular flexibility index (Phi) is 5.66. The van der Waals surface area contributed by atoms with Crippen LogP contribution in [0.5, 0.6) is 0 Å². The van der Waals surface area contributed by atoms with Crippen molar-refractivity contribution in [3.8, 4) is 11.8 Å². The topological polar surface area (TPSA) is 70.7 Å². The number of alkyl halides is 3. The van der Waals surface area contributed by atoms with Crippen LogP contribution in [0.15, 0.2) is 17.0 Å². The van der Waals surface area contributed by atoms with Gasteiger partial charge in [-0.15, -0.1) is 0 Å². The van der Waals surface area contributed by atoms with Crippen LogP contribution in [0.4, 0.5) is 19.0 Å². The van der Waals surface area contributed by atoms with E-state index in [4.69, 9.17) is 23.2 Å². The molecule has 0 bridgehead atoms. The van der Waals surface area contributed by atoms with E-state index in [0.717, 1.165) is 16.8 Å². The Bertz CT molecular complexity index is 866. The van der Waals surface area contributed by atoms with Gasteiger partial charge in [-0.25, -0.2) is 4.68 Å². The molecule has 0 spiro atoms. The molecule has 25 heavy (non-hydrogen) atoms. The Morgan fingerprint density at radius 3 is 2.32 bits per heavy atom. The summed E-state index contributed by atoms with van der Waals surface area (Å²) < 4.78 is 51.7. The van der Waals surface area contributed by atoms with Crippen LogP contribution in [0.2, 0.25) is 10.0 Å². The van der Waals surface area contributed by atoms with Crippen molar-refractivity contribution >= 4 is 39.8 Å². The minimum Gasteiger partial charge on any atom is -0.369 e. The van der Waals surface area contributed by atoms with Crippen LogP contribution < -0.4 is 5.32 Å².